The predicted octanol–water partition coefficient (Wildman–Crippen LogP) is 2.78. The second kappa shape index (κ2) is 5.50. The van der Waals surface area contributed by atoms with Crippen molar-refractivity contribution >= 4 is 0 Å². The first kappa shape index (κ1) is 12.4. The second-order valence-corrected chi connectivity index (χ2v) is 5.99. The van der Waals surface area contributed by atoms with E-state index in [4.69, 9.17) is 0 Å². The molecule has 94 valence electrons. The Morgan fingerprint density at radius 2 is 1.56 bits per heavy atom. The summed E-state index contributed by atoms with van der Waals surface area (Å²) in [5, 5.41) is 3.49. The van der Waals surface area contributed by atoms with Crippen LogP contribution in [0.25, 0.3) is 0 Å². The fourth-order valence-corrected chi connectivity index (χ4v) is 3.26. The van der Waals surface area contributed by atoms with Gasteiger partial charge in [-0.3, -0.25) is 0 Å². The largest absolute Gasteiger partial charge is 0.314 e. The molecule has 0 aromatic carbocycles. The van der Waals surface area contributed by atoms with E-state index in [0.717, 1.165) is 6.04 Å². The van der Waals surface area contributed by atoms with Gasteiger partial charge in [0.2, 0.25) is 0 Å². The van der Waals surface area contributed by atoms with Gasteiger partial charge in [0.05, 0.1) is 0 Å². The lowest BCUT2D eigenvalue weighted by molar-refractivity contribution is 0.102. The summed E-state index contributed by atoms with van der Waals surface area (Å²) in [6, 6.07) is 0.906. The van der Waals surface area contributed by atoms with Crippen molar-refractivity contribution in [2.24, 2.45) is 0 Å². The summed E-state index contributed by atoms with van der Waals surface area (Å²) in [5.74, 6) is 0. The molecule has 2 rings (SSSR count). The fourth-order valence-electron chi connectivity index (χ4n) is 3.26. The summed E-state index contributed by atoms with van der Waals surface area (Å²) in [4.78, 5) is 2.77. The van der Waals surface area contributed by atoms with Gasteiger partial charge in [0.15, 0.2) is 0 Å². The van der Waals surface area contributed by atoms with Gasteiger partial charge < -0.3 is 10.2 Å². The summed E-state index contributed by atoms with van der Waals surface area (Å²) in [6.45, 7) is 4.99. The van der Waals surface area contributed by atoms with E-state index in [1.54, 1.807) is 0 Å². The molecule has 1 heterocycles. The van der Waals surface area contributed by atoms with E-state index in [-0.39, 0.29) is 0 Å². The van der Waals surface area contributed by atoms with Gasteiger partial charge in [0.1, 0.15) is 0 Å². The lowest BCUT2D eigenvalue weighted by Crippen LogP contribution is -2.52. The number of nitrogens with one attached hydrogen (secondary N) is 1. The Morgan fingerprint density at radius 1 is 1.00 bits per heavy atom. The molecular formula is C14H28N2. The number of likely N-dealkylation sites (tertiary alicyclic amines) is 1. The quantitative estimate of drug-likeness (QED) is 0.726. The monoisotopic (exact) mass is 224 g/mol. The van der Waals surface area contributed by atoms with E-state index in [2.05, 4.69) is 24.2 Å². The molecular weight excluding hydrogens is 196 g/mol. The molecule has 16 heavy (non-hydrogen) atoms. The van der Waals surface area contributed by atoms with Crippen LogP contribution in [0.15, 0.2) is 0 Å². The highest BCUT2D eigenvalue weighted by molar-refractivity contribution is 4.90. The highest BCUT2D eigenvalue weighted by Crippen LogP contribution is 2.27. The number of rotatable bonds is 2. The van der Waals surface area contributed by atoms with E-state index in [1.165, 1.54) is 64.5 Å². The summed E-state index contributed by atoms with van der Waals surface area (Å²) >= 11 is 0. The topological polar surface area (TPSA) is 15.3 Å². The molecule has 2 heteroatoms. The molecule has 1 N–H and O–H groups in total. The number of hydrogen-bond acceptors (Lipinski definition) is 2. The zero-order valence-corrected chi connectivity index (χ0v) is 11.1. The molecule has 2 aliphatic rings. The third kappa shape index (κ3) is 2.98. The number of nitrogens with zero attached hydrogens (tertiary/aromatic N) is 1. The third-order valence-corrected chi connectivity index (χ3v) is 4.85. The van der Waals surface area contributed by atoms with Crippen molar-refractivity contribution in [1.29, 1.82) is 0 Å². The number of hydrogen-bond donors (Lipinski definition) is 1. The first-order valence-corrected chi connectivity index (χ1v) is 7.16. The van der Waals surface area contributed by atoms with Gasteiger partial charge in [0, 0.05) is 24.7 Å². The molecule has 0 atom stereocenters. The predicted molar refractivity (Wildman–Crippen MR) is 69.8 cm³/mol. The molecule has 0 amide bonds. The maximum Gasteiger partial charge on any atom is 0.0174 e. The van der Waals surface area contributed by atoms with Gasteiger partial charge in [-0.2, -0.15) is 0 Å². The Morgan fingerprint density at radius 3 is 2.06 bits per heavy atom. The normalized spacial score (nSPS) is 28.9. The lowest BCUT2D eigenvalue weighted by Gasteiger charge is -2.42. The van der Waals surface area contributed by atoms with Crippen LogP contribution < -0.4 is 5.32 Å². The van der Waals surface area contributed by atoms with Crippen LogP contribution in [0.4, 0.5) is 0 Å². The van der Waals surface area contributed by atoms with Gasteiger partial charge in [0.25, 0.3) is 0 Å². The Kier molecular flexibility index (Phi) is 4.26. The summed E-state index contributed by atoms with van der Waals surface area (Å²) in [5.41, 5.74) is 0.404. The molecule has 0 radical (unpaired) electrons. The fraction of sp³-hybridized carbons (Fsp3) is 1.00. The maximum atomic E-state index is 3.49. The van der Waals surface area contributed by atoms with Crippen LogP contribution in [-0.2, 0) is 0 Å². The van der Waals surface area contributed by atoms with Crippen molar-refractivity contribution in [3.63, 3.8) is 0 Å². The minimum absolute atomic E-state index is 0.404. The SMILES string of the molecule is CNC1(C)CCN(C2CCCCCC2)CC1. The minimum Gasteiger partial charge on any atom is -0.314 e. The van der Waals surface area contributed by atoms with Crippen LogP contribution in [0.1, 0.15) is 58.3 Å². The van der Waals surface area contributed by atoms with E-state index in [1.807, 2.05) is 0 Å². The van der Waals surface area contributed by atoms with Gasteiger partial charge in [-0.1, -0.05) is 25.7 Å². The molecule has 1 saturated carbocycles. The Bertz CT molecular complexity index is 199. The molecule has 1 aliphatic carbocycles. The van der Waals surface area contributed by atoms with Gasteiger partial charge in [-0.05, 0) is 39.7 Å². The highest BCUT2D eigenvalue weighted by Gasteiger charge is 2.31. The van der Waals surface area contributed by atoms with Gasteiger partial charge >= 0.3 is 0 Å². The molecule has 0 bridgehead atoms. The average molecular weight is 224 g/mol. The molecule has 0 aromatic rings. The first-order chi connectivity index (χ1) is 7.73. The van der Waals surface area contributed by atoms with Crippen LogP contribution in [-0.4, -0.2) is 36.6 Å². The summed E-state index contributed by atoms with van der Waals surface area (Å²) < 4.78 is 0. The summed E-state index contributed by atoms with van der Waals surface area (Å²) in [7, 11) is 2.11. The van der Waals surface area contributed by atoms with Crippen molar-refractivity contribution in [3.05, 3.63) is 0 Å². The van der Waals surface area contributed by atoms with Crippen molar-refractivity contribution in [3.8, 4) is 0 Å². The van der Waals surface area contributed by atoms with Crippen molar-refractivity contribution in [2.45, 2.75) is 69.9 Å². The zero-order valence-electron chi connectivity index (χ0n) is 11.1. The molecule has 0 aromatic heterocycles. The van der Waals surface area contributed by atoms with Crippen molar-refractivity contribution < 1.29 is 0 Å². The van der Waals surface area contributed by atoms with Crippen LogP contribution in [0, 0.1) is 0 Å². The van der Waals surface area contributed by atoms with E-state index < -0.39 is 0 Å². The third-order valence-electron chi connectivity index (χ3n) is 4.85. The van der Waals surface area contributed by atoms with Crippen LogP contribution in [0.5, 0.6) is 0 Å². The van der Waals surface area contributed by atoms with E-state index in [9.17, 15) is 0 Å². The van der Waals surface area contributed by atoms with Crippen molar-refractivity contribution in [2.75, 3.05) is 20.1 Å². The zero-order chi connectivity index (χ0) is 11.4. The molecule has 1 saturated heterocycles. The lowest BCUT2D eigenvalue weighted by atomic mass is 9.88. The number of piperidine rings is 1. The Labute approximate surface area is 101 Å². The Hall–Kier alpha value is -0.0800. The van der Waals surface area contributed by atoms with Gasteiger partial charge in [-0.25, -0.2) is 0 Å². The van der Waals surface area contributed by atoms with Crippen LogP contribution in [0.3, 0.4) is 0 Å². The molecule has 0 spiro atoms. The molecule has 2 fully saturated rings. The first-order valence-electron chi connectivity index (χ1n) is 7.16. The molecule has 2 nitrogen and oxygen atoms in total. The average Bonchev–Trinajstić information content (AvgIpc) is 2.59. The van der Waals surface area contributed by atoms with Crippen molar-refractivity contribution in [1.82, 2.24) is 10.2 Å². The van der Waals surface area contributed by atoms with Crippen LogP contribution >= 0.6 is 0 Å². The second-order valence-electron chi connectivity index (χ2n) is 5.99. The summed E-state index contributed by atoms with van der Waals surface area (Å²) in [6.07, 6.45) is 11.4. The maximum absolute atomic E-state index is 3.49. The van der Waals surface area contributed by atoms with Gasteiger partial charge in [-0.15, -0.1) is 0 Å². The highest BCUT2D eigenvalue weighted by atomic mass is 15.2. The van der Waals surface area contributed by atoms with E-state index in [0.29, 0.717) is 5.54 Å². The smallest absolute Gasteiger partial charge is 0.0174 e. The molecule has 1 aliphatic heterocycles. The van der Waals surface area contributed by atoms with Crippen LogP contribution in [0.2, 0.25) is 0 Å². The minimum atomic E-state index is 0.404. The standard InChI is InChI=1S/C14H28N2/c1-14(15-2)9-11-16(12-10-14)13-7-5-3-4-6-8-13/h13,15H,3-12H2,1-2H3. The van der Waals surface area contributed by atoms with E-state index >= 15 is 0 Å². The molecule has 0 unspecified atom stereocenters. The Balaban J connectivity index is 1.83.